The Kier molecular flexibility index (Phi) is 13.7. The van der Waals surface area contributed by atoms with Crippen LogP contribution in [0, 0.1) is 0 Å². The van der Waals surface area contributed by atoms with Crippen molar-refractivity contribution in [2.24, 2.45) is 0 Å². The molecule has 1 heterocycles. The van der Waals surface area contributed by atoms with Gasteiger partial charge in [0.15, 0.2) is 0 Å². The smallest absolute Gasteiger partial charge is 0.307 e. The summed E-state index contributed by atoms with van der Waals surface area (Å²) in [7, 11) is -1.68. The number of hydrogen-bond donors (Lipinski definition) is 4. The average molecular weight is 647 g/mol. The van der Waals surface area contributed by atoms with Crippen molar-refractivity contribution in [1.29, 1.82) is 0 Å². The zero-order chi connectivity index (χ0) is 33.0. The molecule has 10 nitrogen and oxygen atoms in total. The number of unbranched alkanes of at least 4 members (excludes halogenated alkanes) is 1. The molecular formula is C34H50N2O8S. The summed E-state index contributed by atoms with van der Waals surface area (Å²) in [6, 6.07) is 12.5. The van der Waals surface area contributed by atoms with Gasteiger partial charge in [-0.2, -0.15) is 10.6 Å². The molecule has 0 aromatic heterocycles. The second-order valence-electron chi connectivity index (χ2n) is 11.5. The topological polar surface area (TPSA) is 143 Å². The number of aryl methyl sites for hydroxylation is 1. The Balaban J connectivity index is 1.93. The van der Waals surface area contributed by atoms with Crippen molar-refractivity contribution in [3.63, 3.8) is 0 Å². The summed E-state index contributed by atoms with van der Waals surface area (Å²) in [5.41, 5.74) is 1.91. The Hall–Kier alpha value is -3.12. The van der Waals surface area contributed by atoms with E-state index in [9.17, 15) is 23.5 Å². The number of ether oxygens (including phenoxy) is 3. The van der Waals surface area contributed by atoms with E-state index >= 15 is 0 Å². The maximum Gasteiger partial charge on any atom is 0.307 e. The molecule has 45 heavy (non-hydrogen) atoms. The number of nitrogens with one attached hydrogen (secondary N) is 2. The van der Waals surface area contributed by atoms with Crippen LogP contribution in [0.1, 0.15) is 95.4 Å². The Bertz CT molecular complexity index is 1270. The molecule has 0 saturated heterocycles. The molecule has 0 aliphatic carbocycles. The number of carbonyl (C=O) groups is 3. The Morgan fingerprint density at radius 1 is 1.02 bits per heavy atom. The van der Waals surface area contributed by atoms with Crippen LogP contribution < -0.4 is 15.4 Å². The molecule has 1 aliphatic rings. The number of rotatable bonds is 16. The lowest BCUT2D eigenvalue weighted by atomic mass is 9.87. The van der Waals surface area contributed by atoms with Crippen LogP contribution in [0.4, 0.5) is 0 Å². The van der Waals surface area contributed by atoms with E-state index in [0.29, 0.717) is 16.2 Å². The number of fused-ring (bicyclic) bond motifs is 1. The van der Waals surface area contributed by atoms with Crippen molar-refractivity contribution < 1.29 is 37.7 Å². The molecule has 250 valence electrons. The van der Waals surface area contributed by atoms with Crippen LogP contribution in [-0.2, 0) is 30.3 Å². The lowest BCUT2D eigenvalue weighted by Gasteiger charge is -2.42. The molecule has 0 unspecified atom stereocenters. The first-order chi connectivity index (χ1) is 21.5. The Labute approximate surface area is 269 Å². The quantitative estimate of drug-likeness (QED) is 0.158. The van der Waals surface area contributed by atoms with E-state index in [1.807, 2.05) is 36.4 Å². The number of carbonyl (C=O) groups excluding carboxylic acids is 3. The van der Waals surface area contributed by atoms with Gasteiger partial charge in [-0.05, 0) is 56.4 Å². The van der Waals surface area contributed by atoms with Gasteiger partial charge in [-0.25, -0.2) is 0 Å². The molecule has 1 aliphatic heterocycles. The highest BCUT2D eigenvalue weighted by Crippen LogP contribution is 2.58. The van der Waals surface area contributed by atoms with Gasteiger partial charge in [0, 0.05) is 23.6 Å². The van der Waals surface area contributed by atoms with Gasteiger partial charge in [-0.15, -0.1) is 0 Å². The highest BCUT2D eigenvalue weighted by Gasteiger charge is 2.42. The van der Waals surface area contributed by atoms with Crippen LogP contribution in [0.3, 0.4) is 0 Å². The molecule has 4 N–H and O–H groups in total. The standard InChI is InChI=1S/C34H50N2O8S/c1-6-10-18-34(7-2)23-45(40,41)29-19-25(28(42-5)22-27(29)33(36-34)24-14-12-11-13-15-24)16-17-30(37)35-26(20-31(38)43-8-3)21-32(39)44-9-4/h11-15,19,22,26,33,36,40-41H,6-10,16-18,20-21,23H2,1-5H3,(H,35,37)/t33-,34-/m1/s1. The van der Waals surface area contributed by atoms with Crippen molar-refractivity contribution in [2.45, 2.75) is 102 Å². The first-order valence-electron chi connectivity index (χ1n) is 15.9. The number of benzene rings is 2. The normalized spacial score (nSPS) is 19.6. The third-order valence-electron chi connectivity index (χ3n) is 8.25. The molecule has 11 heteroatoms. The van der Waals surface area contributed by atoms with Crippen LogP contribution in [0.5, 0.6) is 5.75 Å². The largest absolute Gasteiger partial charge is 0.496 e. The van der Waals surface area contributed by atoms with Crippen molar-refractivity contribution in [2.75, 3.05) is 26.1 Å². The Morgan fingerprint density at radius 2 is 1.67 bits per heavy atom. The van der Waals surface area contributed by atoms with Crippen molar-refractivity contribution >= 4 is 28.4 Å². The number of methoxy groups -OCH3 is 1. The summed E-state index contributed by atoms with van der Waals surface area (Å²) in [6.45, 7) is 7.96. The first kappa shape index (κ1) is 36.3. The molecule has 0 saturated carbocycles. The molecule has 2 aromatic rings. The fourth-order valence-corrected chi connectivity index (χ4v) is 8.16. The summed E-state index contributed by atoms with van der Waals surface area (Å²) in [6.07, 6.45) is 3.41. The van der Waals surface area contributed by atoms with Gasteiger partial charge in [0.1, 0.15) is 5.75 Å². The monoisotopic (exact) mass is 646 g/mol. The molecule has 0 spiro atoms. The van der Waals surface area contributed by atoms with Gasteiger partial charge in [0.25, 0.3) is 0 Å². The second-order valence-corrected chi connectivity index (χ2v) is 13.6. The highest BCUT2D eigenvalue weighted by molar-refractivity contribution is 8.24. The molecule has 0 fully saturated rings. The SMILES string of the molecule is CCCC[C@]1(CC)CS(O)(O)c2cc(CCC(=O)NC(CC(=O)OCC)CC(=O)OCC)c(OC)cc2[C@@H](c2ccccc2)N1. The molecule has 0 radical (unpaired) electrons. The van der Waals surface area contributed by atoms with Gasteiger partial charge in [0.2, 0.25) is 5.91 Å². The summed E-state index contributed by atoms with van der Waals surface area (Å²) >= 11 is 0. The molecule has 0 bridgehead atoms. The predicted octanol–water partition coefficient (Wildman–Crippen LogP) is 6.16. The maximum atomic E-state index is 13.1. The van der Waals surface area contributed by atoms with Crippen LogP contribution in [0.2, 0.25) is 0 Å². The van der Waals surface area contributed by atoms with Gasteiger partial charge in [-0.1, -0.05) is 57.0 Å². The fourth-order valence-electron chi connectivity index (χ4n) is 5.91. The summed E-state index contributed by atoms with van der Waals surface area (Å²) in [5.74, 6) is -0.693. The molecule has 2 aromatic carbocycles. The Morgan fingerprint density at radius 3 is 2.22 bits per heavy atom. The summed E-state index contributed by atoms with van der Waals surface area (Å²) in [5, 5.41) is 6.61. The van der Waals surface area contributed by atoms with Crippen molar-refractivity contribution in [3.05, 3.63) is 59.2 Å². The average Bonchev–Trinajstić information content (AvgIpc) is 3.10. The van der Waals surface area contributed by atoms with E-state index in [1.165, 1.54) is 0 Å². The van der Waals surface area contributed by atoms with E-state index in [0.717, 1.165) is 36.8 Å². The first-order valence-corrected chi connectivity index (χ1v) is 17.6. The van der Waals surface area contributed by atoms with Crippen LogP contribution in [0.15, 0.2) is 47.4 Å². The minimum Gasteiger partial charge on any atom is -0.496 e. The van der Waals surface area contributed by atoms with Crippen LogP contribution in [-0.4, -0.2) is 64.6 Å². The molecule has 3 rings (SSSR count). The zero-order valence-electron chi connectivity index (χ0n) is 27.2. The van der Waals surface area contributed by atoms with E-state index in [2.05, 4.69) is 24.5 Å². The van der Waals surface area contributed by atoms with Gasteiger partial charge in [0.05, 0.1) is 49.9 Å². The fraction of sp³-hybridized carbons (Fsp3) is 0.559. The van der Waals surface area contributed by atoms with E-state index in [1.54, 1.807) is 27.0 Å². The molecular weight excluding hydrogens is 596 g/mol. The molecule has 1 amide bonds. The number of hydrogen-bond acceptors (Lipinski definition) is 9. The van der Waals surface area contributed by atoms with Crippen LogP contribution >= 0.6 is 10.6 Å². The van der Waals surface area contributed by atoms with Gasteiger partial charge < -0.3 is 19.5 Å². The summed E-state index contributed by atoms with van der Waals surface area (Å²) in [4.78, 5) is 37.8. The van der Waals surface area contributed by atoms with Crippen molar-refractivity contribution in [1.82, 2.24) is 10.6 Å². The van der Waals surface area contributed by atoms with E-state index < -0.39 is 34.1 Å². The number of esters is 2. The third-order valence-corrected chi connectivity index (χ3v) is 10.3. The maximum absolute atomic E-state index is 13.1. The zero-order valence-corrected chi connectivity index (χ0v) is 28.0. The minimum absolute atomic E-state index is 0.0201. The number of amides is 1. The van der Waals surface area contributed by atoms with Gasteiger partial charge >= 0.3 is 11.9 Å². The lowest BCUT2D eigenvalue weighted by Crippen LogP contribution is -2.49. The second kappa shape index (κ2) is 17.0. The van der Waals surface area contributed by atoms with Gasteiger partial charge in [-0.3, -0.25) is 28.8 Å². The predicted molar refractivity (Wildman–Crippen MR) is 176 cm³/mol. The van der Waals surface area contributed by atoms with Crippen molar-refractivity contribution in [3.8, 4) is 5.75 Å². The van der Waals surface area contributed by atoms with E-state index in [4.69, 9.17) is 14.2 Å². The third kappa shape index (κ3) is 9.93. The highest BCUT2D eigenvalue weighted by atomic mass is 32.3. The molecule has 2 atom stereocenters. The van der Waals surface area contributed by atoms with E-state index in [-0.39, 0.29) is 56.6 Å². The van der Waals surface area contributed by atoms with Crippen LogP contribution in [0.25, 0.3) is 0 Å². The summed E-state index contributed by atoms with van der Waals surface area (Å²) < 4.78 is 39.3. The minimum atomic E-state index is -3.23. The lowest BCUT2D eigenvalue weighted by molar-refractivity contribution is -0.146.